The first-order chi connectivity index (χ1) is 9.57. The van der Waals surface area contributed by atoms with Gasteiger partial charge < -0.3 is 5.32 Å². The molecule has 0 aliphatic heterocycles. The number of nitrogens with one attached hydrogen (secondary N) is 1. The second-order valence-corrected chi connectivity index (χ2v) is 6.62. The fraction of sp³-hybridized carbons (Fsp3) is 0.357. The van der Waals surface area contributed by atoms with Gasteiger partial charge in [-0.3, -0.25) is 4.98 Å². The van der Waals surface area contributed by atoms with Gasteiger partial charge in [0, 0.05) is 25.2 Å². The number of hydrogen-bond donors (Lipinski definition) is 1. The van der Waals surface area contributed by atoms with E-state index < -0.39 is 10.0 Å². The van der Waals surface area contributed by atoms with Crippen molar-refractivity contribution in [3.63, 3.8) is 0 Å². The maximum absolute atomic E-state index is 12.6. The molecule has 0 aliphatic rings. The van der Waals surface area contributed by atoms with Crippen molar-refractivity contribution in [3.8, 4) is 0 Å². The molecule has 20 heavy (non-hydrogen) atoms. The van der Waals surface area contributed by atoms with Gasteiger partial charge in [-0.1, -0.05) is 6.07 Å². The largest absolute Gasteiger partial charge is 0.320 e. The monoisotopic (exact) mass is 293 g/mol. The first kappa shape index (κ1) is 14.9. The van der Waals surface area contributed by atoms with Gasteiger partial charge >= 0.3 is 0 Å². The predicted molar refractivity (Wildman–Crippen MR) is 80.1 cm³/mol. The van der Waals surface area contributed by atoms with Gasteiger partial charge in [-0.25, -0.2) is 12.7 Å². The SMILES string of the molecule is CNCCCN(C)S(=O)(=O)c1cccc2ncccc12. The summed E-state index contributed by atoms with van der Waals surface area (Å²) in [7, 11) is -0.0171. The minimum Gasteiger partial charge on any atom is -0.320 e. The second-order valence-electron chi connectivity index (χ2n) is 4.61. The summed E-state index contributed by atoms with van der Waals surface area (Å²) in [6, 6.07) is 8.71. The van der Waals surface area contributed by atoms with E-state index in [0.29, 0.717) is 22.3 Å². The molecule has 1 N–H and O–H groups in total. The normalized spacial score (nSPS) is 12.2. The minimum atomic E-state index is -3.48. The Labute approximate surface area is 119 Å². The van der Waals surface area contributed by atoms with Crippen LogP contribution in [-0.4, -0.2) is 44.9 Å². The molecule has 1 heterocycles. The third-order valence-corrected chi connectivity index (χ3v) is 5.11. The second kappa shape index (κ2) is 6.30. The number of pyridine rings is 1. The third-order valence-electron chi connectivity index (χ3n) is 3.19. The molecule has 0 bridgehead atoms. The Morgan fingerprint density at radius 1 is 1.25 bits per heavy atom. The lowest BCUT2D eigenvalue weighted by molar-refractivity contribution is 0.458. The van der Waals surface area contributed by atoms with Gasteiger partial charge in [0.15, 0.2) is 0 Å². The molecule has 108 valence electrons. The number of rotatable bonds is 6. The van der Waals surface area contributed by atoms with Crippen molar-refractivity contribution in [2.45, 2.75) is 11.3 Å². The van der Waals surface area contributed by atoms with Gasteiger partial charge in [0.1, 0.15) is 0 Å². The highest BCUT2D eigenvalue weighted by atomic mass is 32.2. The van der Waals surface area contributed by atoms with Crippen LogP contribution < -0.4 is 5.32 Å². The Balaban J connectivity index is 2.37. The summed E-state index contributed by atoms with van der Waals surface area (Å²) >= 11 is 0. The zero-order chi connectivity index (χ0) is 14.6. The van der Waals surface area contributed by atoms with Crippen molar-refractivity contribution in [2.75, 3.05) is 27.2 Å². The van der Waals surface area contributed by atoms with E-state index in [0.717, 1.165) is 13.0 Å². The standard InChI is InChI=1S/C14H19N3O2S/c1-15-9-5-11-17(2)20(18,19)14-8-3-7-13-12(14)6-4-10-16-13/h3-4,6-8,10,15H,5,9,11H2,1-2H3. The van der Waals surface area contributed by atoms with Crippen molar-refractivity contribution >= 4 is 20.9 Å². The summed E-state index contributed by atoms with van der Waals surface area (Å²) in [6.07, 6.45) is 2.44. The first-order valence-electron chi connectivity index (χ1n) is 6.52. The summed E-state index contributed by atoms with van der Waals surface area (Å²) in [5.74, 6) is 0. The first-order valence-corrected chi connectivity index (χ1v) is 7.96. The van der Waals surface area contributed by atoms with E-state index in [2.05, 4.69) is 10.3 Å². The molecule has 2 rings (SSSR count). The van der Waals surface area contributed by atoms with Crippen molar-refractivity contribution < 1.29 is 8.42 Å². The van der Waals surface area contributed by atoms with Crippen molar-refractivity contribution in [1.82, 2.24) is 14.6 Å². The van der Waals surface area contributed by atoms with E-state index in [1.807, 2.05) is 13.1 Å². The molecule has 0 fully saturated rings. The molecule has 0 atom stereocenters. The molecule has 1 aromatic carbocycles. The van der Waals surface area contributed by atoms with E-state index >= 15 is 0 Å². The molecule has 0 unspecified atom stereocenters. The summed E-state index contributed by atoms with van der Waals surface area (Å²) in [4.78, 5) is 4.51. The van der Waals surface area contributed by atoms with Crippen LogP contribution in [0.2, 0.25) is 0 Å². The maximum Gasteiger partial charge on any atom is 0.243 e. The van der Waals surface area contributed by atoms with Crippen LogP contribution in [0.3, 0.4) is 0 Å². The molecule has 0 radical (unpaired) electrons. The fourth-order valence-corrected chi connectivity index (χ4v) is 3.47. The number of aromatic nitrogens is 1. The van der Waals surface area contributed by atoms with Gasteiger partial charge in [0.05, 0.1) is 10.4 Å². The molecule has 1 aromatic heterocycles. The smallest absolute Gasteiger partial charge is 0.243 e. The Morgan fingerprint density at radius 3 is 2.80 bits per heavy atom. The van der Waals surface area contributed by atoms with Crippen LogP contribution in [0.4, 0.5) is 0 Å². The highest BCUT2D eigenvalue weighted by Gasteiger charge is 2.22. The summed E-state index contributed by atoms with van der Waals surface area (Å²) in [5.41, 5.74) is 0.692. The van der Waals surface area contributed by atoms with Crippen LogP contribution in [0.15, 0.2) is 41.4 Å². The van der Waals surface area contributed by atoms with Gasteiger partial charge in [0.2, 0.25) is 10.0 Å². The Bertz CT molecular complexity index is 680. The number of sulfonamides is 1. The fourth-order valence-electron chi connectivity index (χ4n) is 2.07. The lowest BCUT2D eigenvalue weighted by Gasteiger charge is -2.18. The zero-order valence-corrected chi connectivity index (χ0v) is 12.5. The molecular weight excluding hydrogens is 274 g/mol. The van der Waals surface area contributed by atoms with Gasteiger partial charge in [-0.15, -0.1) is 0 Å². The highest BCUT2D eigenvalue weighted by molar-refractivity contribution is 7.89. The van der Waals surface area contributed by atoms with Crippen LogP contribution in [0.1, 0.15) is 6.42 Å². The average molecular weight is 293 g/mol. The molecule has 6 heteroatoms. The van der Waals surface area contributed by atoms with Crippen molar-refractivity contribution in [3.05, 3.63) is 36.5 Å². The summed E-state index contributed by atoms with van der Waals surface area (Å²) in [5, 5.41) is 3.67. The minimum absolute atomic E-state index is 0.315. The van der Waals surface area contributed by atoms with E-state index in [1.165, 1.54) is 4.31 Å². The highest BCUT2D eigenvalue weighted by Crippen LogP contribution is 2.23. The number of benzene rings is 1. The van der Waals surface area contributed by atoms with Crippen LogP contribution in [0.5, 0.6) is 0 Å². The lowest BCUT2D eigenvalue weighted by Crippen LogP contribution is -2.29. The van der Waals surface area contributed by atoms with E-state index in [-0.39, 0.29) is 0 Å². The Morgan fingerprint density at radius 2 is 2.05 bits per heavy atom. The molecule has 0 aliphatic carbocycles. The molecule has 0 amide bonds. The summed E-state index contributed by atoms with van der Waals surface area (Å²) in [6.45, 7) is 1.27. The van der Waals surface area contributed by atoms with Crippen LogP contribution in [-0.2, 0) is 10.0 Å². The number of nitrogens with zero attached hydrogens (tertiary/aromatic N) is 2. The maximum atomic E-state index is 12.6. The molecule has 2 aromatic rings. The summed E-state index contributed by atoms with van der Waals surface area (Å²) < 4.78 is 26.6. The third kappa shape index (κ3) is 2.98. The van der Waals surface area contributed by atoms with E-state index in [4.69, 9.17) is 0 Å². The quantitative estimate of drug-likeness (QED) is 0.819. The number of fused-ring (bicyclic) bond motifs is 1. The molecule has 0 spiro atoms. The molecular formula is C14H19N3O2S. The topological polar surface area (TPSA) is 62.3 Å². The van der Waals surface area contributed by atoms with E-state index in [9.17, 15) is 8.42 Å². The van der Waals surface area contributed by atoms with Crippen LogP contribution in [0.25, 0.3) is 10.9 Å². The van der Waals surface area contributed by atoms with E-state index in [1.54, 1.807) is 37.5 Å². The lowest BCUT2D eigenvalue weighted by atomic mass is 10.2. The van der Waals surface area contributed by atoms with Gasteiger partial charge in [0.25, 0.3) is 0 Å². The van der Waals surface area contributed by atoms with Gasteiger partial charge in [-0.05, 0) is 44.3 Å². The van der Waals surface area contributed by atoms with Gasteiger partial charge in [-0.2, -0.15) is 0 Å². The zero-order valence-electron chi connectivity index (χ0n) is 11.7. The Hall–Kier alpha value is -1.50. The molecule has 5 nitrogen and oxygen atoms in total. The average Bonchev–Trinajstić information content (AvgIpc) is 2.46. The van der Waals surface area contributed by atoms with Crippen LogP contribution in [0, 0.1) is 0 Å². The Kier molecular flexibility index (Phi) is 4.69. The van der Waals surface area contributed by atoms with Crippen molar-refractivity contribution in [2.24, 2.45) is 0 Å². The van der Waals surface area contributed by atoms with Crippen molar-refractivity contribution in [1.29, 1.82) is 0 Å². The van der Waals surface area contributed by atoms with Crippen LogP contribution >= 0.6 is 0 Å². The molecule has 0 saturated heterocycles. The molecule has 0 saturated carbocycles. The predicted octanol–water partition coefficient (Wildman–Crippen LogP) is 1.46. The number of hydrogen-bond acceptors (Lipinski definition) is 4.